The summed E-state index contributed by atoms with van der Waals surface area (Å²) in [7, 11) is 0. The van der Waals surface area contributed by atoms with Crippen LogP contribution in [0.2, 0.25) is 0 Å². The van der Waals surface area contributed by atoms with E-state index in [1.807, 2.05) is 13.0 Å². The number of rotatable bonds is 2. The van der Waals surface area contributed by atoms with Crippen LogP contribution in [0.3, 0.4) is 0 Å². The van der Waals surface area contributed by atoms with E-state index in [0.717, 1.165) is 12.8 Å². The molecule has 6 nitrogen and oxygen atoms in total. The van der Waals surface area contributed by atoms with E-state index in [1.165, 1.54) is 0 Å². The minimum absolute atomic E-state index is 0.320. The van der Waals surface area contributed by atoms with Crippen molar-refractivity contribution in [3.8, 4) is 17.5 Å². The largest absolute Gasteiger partial charge is 0.367 e. The summed E-state index contributed by atoms with van der Waals surface area (Å²) < 4.78 is 10.9. The molecule has 1 aliphatic rings. The summed E-state index contributed by atoms with van der Waals surface area (Å²) >= 11 is 0. The molecular formula is C13H12N4O2. The van der Waals surface area contributed by atoms with E-state index in [1.54, 1.807) is 18.3 Å². The van der Waals surface area contributed by atoms with E-state index in [-0.39, 0.29) is 0 Å². The number of pyridine rings is 1. The van der Waals surface area contributed by atoms with Crippen molar-refractivity contribution in [1.82, 2.24) is 15.1 Å². The molecule has 0 amide bonds. The molecule has 1 atom stereocenters. The van der Waals surface area contributed by atoms with Crippen LogP contribution in [0.5, 0.6) is 0 Å². The molecule has 0 radical (unpaired) electrons. The third-order valence-electron chi connectivity index (χ3n) is 3.24. The van der Waals surface area contributed by atoms with Gasteiger partial charge in [0.25, 0.3) is 5.89 Å². The average molecular weight is 256 g/mol. The van der Waals surface area contributed by atoms with Gasteiger partial charge in [0, 0.05) is 18.4 Å². The van der Waals surface area contributed by atoms with E-state index in [4.69, 9.17) is 14.5 Å². The molecule has 0 spiro atoms. The summed E-state index contributed by atoms with van der Waals surface area (Å²) in [6, 6.07) is 5.33. The Morgan fingerprint density at radius 3 is 3.11 bits per heavy atom. The van der Waals surface area contributed by atoms with Crippen molar-refractivity contribution in [2.24, 2.45) is 0 Å². The zero-order valence-corrected chi connectivity index (χ0v) is 10.5. The zero-order valence-electron chi connectivity index (χ0n) is 10.5. The molecule has 0 N–H and O–H groups in total. The molecule has 3 heterocycles. The number of hydrogen-bond acceptors (Lipinski definition) is 6. The SMILES string of the molecule is CC1(c2noc(-c3ccnc(C#N)c3)n2)CCCO1. The van der Waals surface area contributed by atoms with Gasteiger partial charge in [-0.1, -0.05) is 5.16 Å². The fraction of sp³-hybridized carbons (Fsp3) is 0.385. The van der Waals surface area contributed by atoms with Crippen molar-refractivity contribution in [2.45, 2.75) is 25.4 Å². The van der Waals surface area contributed by atoms with Crippen LogP contribution >= 0.6 is 0 Å². The van der Waals surface area contributed by atoms with Crippen molar-refractivity contribution >= 4 is 0 Å². The Morgan fingerprint density at radius 2 is 2.37 bits per heavy atom. The van der Waals surface area contributed by atoms with Crippen molar-refractivity contribution in [3.05, 3.63) is 29.8 Å². The molecule has 2 aromatic heterocycles. The van der Waals surface area contributed by atoms with Gasteiger partial charge in [-0.3, -0.25) is 0 Å². The fourth-order valence-electron chi connectivity index (χ4n) is 2.14. The van der Waals surface area contributed by atoms with Crippen LogP contribution < -0.4 is 0 Å². The number of aromatic nitrogens is 3. The summed E-state index contributed by atoms with van der Waals surface area (Å²) in [4.78, 5) is 8.28. The van der Waals surface area contributed by atoms with Gasteiger partial charge in [0.1, 0.15) is 17.4 Å². The number of nitrogens with zero attached hydrogens (tertiary/aromatic N) is 4. The van der Waals surface area contributed by atoms with Crippen molar-refractivity contribution in [2.75, 3.05) is 6.61 Å². The van der Waals surface area contributed by atoms with Gasteiger partial charge in [-0.05, 0) is 31.9 Å². The fourth-order valence-corrected chi connectivity index (χ4v) is 2.14. The smallest absolute Gasteiger partial charge is 0.258 e. The van der Waals surface area contributed by atoms with Gasteiger partial charge < -0.3 is 9.26 Å². The molecule has 1 saturated heterocycles. The van der Waals surface area contributed by atoms with E-state index in [2.05, 4.69) is 15.1 Å². The first-order valence-electron chi connectivity index (χ1n) is 6.06. The second-order valence-corrected chi connectivity index (χ2v) is 4.65. The van der Waals surface area contributed by atoms with Crippen LogP contribution in [0.4, 0.5) is 0 Å². The number of nitriles is 1. The highest BCUT2D eigenvalue weighted by molar-refractivity contribution is 5.54. The predicted molar refractivity (Wildman–Crippen MR) is 64.8 cm³/mol. The molecule has 0 bridgehead atoms. The first-order chi connectivity index (χ1) is 9.21. The molecule has 19 heavy (non-hydrogen) atoms. The Labute approximate surface area is 110 Å². The van der Waals surface area contributed by atoms with Crippen molar-refractivity contribution in [1.29, 1.82) is 5.26 Å². The van der Waals surface area contributed by atoms with E-state index >= 15 is 0 Å². The maximum atomic E-state index is 8.83. The molecule has 3 rings (SSSR count). The maximum Gasteiger partial charge on any atom is 0.258 e. The number of hydrogen-bond donors (Lipinski definition) is 0. The van der Waals surface area contributed by atoms with Gasteiger partial charge in [0.2, 0.25) is 5.82 Å². The minimum atomic E-state index is -0.465. The summed E-state index contributed by atoms with van der Waals surface area (Å²) in [5.41, 5.74) is 0.541. The van der Waals surface area contributed by atoms with E-state index < -0.39 is 5.60 Å². The van der Waals surface area contributed by atoms with Crippen molar-refractivity contribution in [3.63, 3.8) is 0 Å². The second-order valence-electron chi connectivity index (χ2n) is 4.65. The zero-order chi connectivity index (χ0) is 13.3. The average Bonchev–Trinajstić information content (AvgIpc) is 3.08. The van der Waals surface area contributed by atoms with Crippen LogP contribution in [0, 0.1) is 11.3 Å². The van der Waals surface area contributed by atoms with Gasteiger partial charge in [0.15, 0.2) is 0 Å². The Bertz CT molecular complexity index is 638. The third kappa shape index (κ3) is 2.09. The monoisotopic (exact) mass is 256 g/mol. The quantitative estimate of drug-likeness (QED) is 0.817. The van der Waals surface area contributed by atoms with Crippen LogP contribution in [0.15, 0.2) is 22.9 Å². The molecule has 6 heteroatoms. The van der Waals surface area contributed by atoms with Crippen LogP contribution in [-0.2, 0) is 10.3 Å². The molecule has 0 aliphatic carbocycles. The molecule has 0 aromatic carbocycles. The second kappa shape index (κ2) is 4.44. The molecule has 0 saturated carbocycles. The van der Waals surface area contributed by atoms with Gasteiger partial charge in [-0.2, -0.15) is 10.2 Å². The first kappa shape index (κ1) is 11.8. The summed E-state index contributed by atoms with van der Waals surface area (Å²) in [6.07, 6.45) is 3.42. The molecule has 2 aromatic rings. The highest BCUT2D eigenvalue weighted by Gasteiger charge is 2.36. The lowest BCUT2D eigenvalue weighted by atomic mass is 10.0. The molecule has 1 fully saturated rings. The highest BCUT2D eigenvalue weighted by atomic mass is 16.5. The van der Waals surface area contributed by atoms with Crippen molar-refractivity contribution < 1.29 is 9.26 Å². The Morgan fingerprint density at radius 1 is 1.47 bits per heavy atom. The normalized spacial score (nSPS) is 22.3. The lowest BCUT2D eigenvalue weighted by Gasteiger charge is -2.17. The van der Waals surface area contributed by atoms with Gasteiger partial charge in [0.05, 0.1) is 0 Å². The Kier molecular flexibility index (Phi) is 2.76. The first-order valence-corrected chi connectivity index (χ1v) is 6.06. The summed E-state index contributed by atoms with van der Waals surface area (Å²) in [6.45, 7) is 2.68. The van der Waals surface area contributed by atoms with E-state index in [0.29, 0.717) is 29.6 Å². The molecule has 1 unspecified atom stereocenters. The van der Waals surface area contributed by atoms with Crippen LogP contribution in [0.25, 0.3) is 11.5 Å². The maximum absolute atomic E-state index is 8.83. The minimum Gasteiger partial charge on any atom is -0.367 e. The Balaban J connectivity index is 1.95. The Hall–Kier alpha value is -2.26. The van der Waals surface area contributed by atoms with Crippen LogP contribution in [-0.4, -0.2) is 21.7 Å². The highest BCUT2D eigenvalue weighted by Crippen LogP contribution is 2.34. The topological polar surface area (TPSA) is 84.8 Å². The molecular weight excluding hydrogens is 244 g/mol. The van der Waals surface area contributed by atoms with Gasteiger partial charge in [-0.15, -0.1) is 0 Å². The van der Waals surface area contributed by atoms with Gasteiger partial charge in [-0.25, -0.2) is 4.98 Å². The summed E-state index contributed by atoms with van der Waals surface area (Å²) in [5, 5.41) is 12.8. The van der Waals surface area contributed by atoms with E-state index in [9.17, 15) is 0 Å². The summed E-state index contributed by atoms with van der Waals surface area (Å²) in [5.74, 6) is 0.931. The predicted octanol–water partition coefficient (Wildman–Crippen LogP) is 2.03. The number of ether oxygens (including phenoxy) is 1. The molecule has 1 aliphatic heterocycles. The van der Waals surface area contributed by atoms with Crippen LogP contribution in [0.1, 0.15) is 31.3 Å². The third-order valence-corrected chi connectivity index (χ3v) is 3.24. The standard InChI is InChI=1S/C13H12N4O2/c1-13(4-2-6-18-13)12-16-11(19-17-12)9-3-5-15-10(7-9)8-14/h3,5,7H,2,4,6H2,1H3. The van der Waals surface area contributed by atoms with Gasteiger partial charge >= 0.3 is 0 Å². The molecule has 96 valence electrons. The lowest BCUT2D eigenvalue weighted by molar-refractivity contribution is 0.00768. The lowest BCUT2D eigenvalue weighted by Crippen LogP contribution is -2.21.